The van der Waals surface area contributed by atoms with Gasteiger partial charge in [0.25, 0.3) is 11.6 Å². The molecule has 2 N–H and O–H groups in total. The number of hydrogen-bond donors (Lipinski definition) is 2. The van der Waals surface area contributed by atoms with Gasteiger partial charge in [0, 0.05) is 28.8 Å². The molecular weight excluding hydrogens is 360 g/mol. The van der Waals surface area contributed by atoms with Gasteiger partial charge in [-0.1, -0.05) is 18.2 Å². The minimum absolute atomic E-state index is 0.0394. The fourth-order valence-electron chi connectivity index (χ4n) is 2.60. The van der Waals surface area contributed by atoms with Crippen LogP contribution in [0.5, 0.6) is 0 Å². The monoisotopic (exact) mass is 380 g/mol. The van der Waals surface area contributed by atoms with E-state index in [9.17, 15) is 19.7 Å². The van der Waals surface area contributed by atoms with Crippen molar-refractivity contribution in [2.45, 2.75) is 26.7 Å². The molecule has 0 radical (unpaired) electrons. The number of nitro benzene ring substituents is 1. The highest BCUT2D eigenvalue weighted by atomic mass is 16.6. The Hall–Kier alpha value is -3.55. The first kappa shape index (κ1) is 19.2. The maximum Gasteiger partial charge on any atom is 0.273 e. The molecule has 0 saturated heterocycles. The van der Waals surface area contributed by atoms with E-state index in [2.05, 4.69) is 15.8 Å². The first-order valence-electron chi connectivity index (χ1n) is 8.86. The lowest BCUT2D eigenvalue weighted by Gasteiger charge is -2.07. The minimum atomic E-state index is -0.532. The number of benzene rings is 2. The van der Waals surface area contributed by atoms with Gasteiger partial charge in [-0.25, -0.2) is 5.43 Å². The summed E-state index contributed by atoms with van der Waals surface area (Å²) in [7, 11) is 0. The molecule has 0 aliphatic heterocycles. The van der Waals surface area contributed by atoms with Crippen LogP contribution in [0.4, 0.5) is 11.4 Å². The number of amides is 2. The van der Waals surface area contributed by atoms with E-state index in [0.717, 1.165) is 18.4 Å². The van der Waals surface area contributed by atoms with Crippen LogP contribution in [0.3, 0.4) is 0 Å². The van der Waals surface area contributed by atoms with Crippen molar-refractivity contribution in [2.75, 3.05) is 5.32 Å². The van der Waals surface area contributed by atoms with Crippen LogP contribution in [0.2, 0.25) is 0 Å². The number of aryl methyl sites for hydroxylation is 1. The molecule has 0 heterocycles. The SMILES string of the molecule is CC(=NNC(=O)c1ccc(C)c([N+](=O)[O-])c1)c1ccc(NC(=O)C2CC2)cc1. The molecule has 0 bridgehead atoms. The summed E-state index contributed by atoms with van der Waals surface area (Å²) in [5.74, 6) is -0.357. The van der Waals surface area contributed by atoms with Gasteiger partial charge >= 0.3 is 0 Å². The second-order valence-corrected chi connectivity index (χ2v) is 6.74. The number of rotatable bonds is 6. The summed E-state index contributed by atoms with van der Waals surface area (Å²) in [6.07, 6.45) is 1.89. The molecule has 1 fully saturated rings. The fraction of sp³-hybridized carbons (Fsp3) is 0.250. The zero-order valence-electron chi connectivity index (χ0n) is 15.6. The van der Waals surface area contributed by atoms with Crippen LogP contribution in [0, 0.1) is 23.0 Å². The van der Waals surface area contributed by atoms with Crippen LogP contribution in [0.25, 0.3) is 0 Å². The molecule has 8 heteroatoms. The molecule has 0 aromatic heterocycles. The minimum Gasteiger partial charge on any atom is -0.326 e. The Morgan fingerprint density at radius 3 is 2.36 bits per heavy atom. The van der Waals surface area contributed by atoms with E-state index in [-0.39, 0.29) is 23.1 Å². The Labute approximate surface area is 161 Å². The Kier molecular flexibility index (Phi) is 5.49. The Morgan fingerprint density at radius 1 is 1.11 bits per heavy atom. The number of nitrogens with zero attached hydrogens (tertiary/aromatic N) is 2. The highest BCUT2D eigenvalue weighted by Crippen LogP contribution is 2.30. The van der Waals surface area contributed by atoms with Gasteiger partial charge in [-0.05, 0) is 50.5 Å². The van der Waals surface area contributed by atoms with Crippen LogP contribution in [0.1, 0.15) is 41.3 Å². The molecule has 1 saturated carbocycles. The summed E-state index contributed by atoms with van der Waals surface area (Å²) in [5, 5.41) is 17.9. The number of carbonyl (C=O) groups excluding carboxylic acids is 2. The molecule has 3 rings (SSSR count). The molecule has 8 nitrogen and oxygen atoms in total. The highest BCUT2D eigenvalue weighted by molar-refractivity contribution is 6.01. The average molecular weight is 380 g/mol. The van der Waals surface area contributed by atoms with E-state index in [1.54, 1.807) is 38.1 Å². The van der Waals surface area contributed by atoms with Crippen LogP contribution >= 0.6 is 0 Å². The van der Waals surface area contributed by atoms with Gasteiger partial charge in [-0.15, -0.1) is 0 Å². The standard InChI is InChI=1S/C20H20N4O4/c1-12-3-4-16(11-18(12)24(27)28)20(26)23-22-13(2)14-7-9-17(10-8-14)21-19(25)15-5-6-15/h3-4,7-11,15H,5-6H2,1-2H3,(H,21,25)(H,23,26). The molecular formula is C20H20N4O4. The number of anilines is 1. The maximum absolute atomic E-state index is 12.2. The average Bonchev–Trinajstić information content (AvgIpc) is 3.52. The zero-order valence-corrected chi connectivity index (χ0v) is 15.6. The van der Waals surface area contributed by atoms with E-state index >= 15 is 0 Å². The smallest absolute Gasteiger partial charge is 0.273 e. The van der Waals surface area contributed by atoms with E-state index in [0.29, 0.717) is 17.0 Å². The number of hydrogen-bond acceptors (Lipinski definition) is 5. The molecule has 28 heavy (non-hydrogen) atoms. The number of nitro groups is 1. The summed E-state index contributed by atoms with van der Waals surface area (Å²) in [5.41, 5.74) is 4.99. The molecule has 2 amide bonds. The molecule has 1 aliphatic rings. The Morgan fingerprint density at radius 2 is 1.75 bits per heavy atom. The van der Waals surface area contributed by atoms with E-state index in [1.807, 2.05) is 0 Å². The van der Waals surface area contributed by atoms with Crippen LogP contribution in [0.15, 0.2) is 47.6 Å². The van der Waals surface area contributed by atoms with Crippen molar-refractivity contribution in [1.29, 1.82) is 0 Å². The van der Waals surface area contributed by atoms with Crippen molar-refractivity contribution in [2.24, 2.45) is 11.0 Å². The molecule has 0 atom stereocenters. The van der Waals surface area contributed by atoms with Crippen molar-refractivity contribution in [1.82, 2.24) is 5.43 Å². The number of hydrazone groups is 1. The van der Waals surface area contributed by atoms with Crippen molar-refractivity contribution < 1.29 is 14.5 Å². The quantitative estimate of drug-likeness (QED) is 0.454. The normalized spacial score (nSPS) is 13.7. The van der Waals surface area contributed by atoms with Gasteiger partial charge in [0.15, 0.2) is 0 Å². The molecule has 2 aromatic carbocycles. The van der Waals surface area contributed by atoms with Gasteiger partial charge in [0.2, 0.25) is 5.91 Å². The fourth-order valence-corrected chi connectivity index (χ4v) is 2.60. The number of carbonyl (C=O) groups is 2. The highest BCUT2D eigenvalue weighted by Gasteiger charge is 2.29. The predicted octanol–water partition coefficient (Wildman–Crippen LogP) is 3.41. The third-order valence-electron chi connectivity index (χ3n) is 4.51. The van der Waals surface area contributed by atoms with Crippen LogP contribution < -0.4 is 10.7 Å². The summed E-state index contributed by atoms with van der Waals surface area (Å²) in [4.78, 5) is 34.5. The van der Waals surface area contributed by atoms with Crippen LogP contribution in [-0.4, -0.2) is 22.4 Å². The van der Waals surface area contributed by atoms with Crippen molar-refractivity contribution >= 4 is 28.9 Å². The number of nitrogens with one attached hydrogen (secondary N) is 2. The molecule has 0 unspecified atom stereocenters. The topological polar surface area (TPSA) is 114 Å². The van der Waals surface area contributed by atoms with Crippen molar-refractivity contribution in [3.8, 4) is 0 Å². The molecule has 1 aliphatic carbocycles. The summed E-state index contributed by atoms with van der Waals surface area (Å²) >= 11 is 0. The lowest BCUT2D eigenvalue weighted by Crippen LogP contribution is -2.19. The summed E-state index contributed by atoms with van der Waals surface area (Å²) in [6.45, 7) is 3.34. The van der Waals surface area contributed by atoms with Gasteiger partial charge in [0.1, 0.15) is 0 Å². The largest absolute Gasteiger partial charge is 0.326 e. The maximum atomic E-state index is 12.2. The lowest BCUT2D eigenvalue weighted by atomic mass is 10.1. The summed E-state index contributed by atoms with van der Waals surface area (Å²) < 4.78 is 0. The Balaban J connectivity index is 1.64. The van der Waals surface area contributed by atoms with Gasteiger partial charge in [-0.3, -0.25) is 19.7 Å². The van der Waals surface area contributed by atoms with Crippen molar-refractivity contribution in [3.05, 3.63) is 69.3 Å². The lowest BCUT2D eigenvalue weighted by molar-refractivity contribution is -0.385. The third-order valence-corrected chi connectivity index (χ3v) is 4.51. The Bertz CT molecular complexity index is 963. The van der Waals surface area contributed by atoms with Crippen LogP contribution in [-0.2, 0) is 4.79 Å². The van der Waals surface area contributed by atoms with E-state index in [1.165, 1.54) is 18.2 Å². The first-order valence-corrected chi connectivity index (χ1v) is 8.86. The molecule has 144 valence electrons. The molecule has 0 spiro atoms. The van der Waals surface area contributed by atoms with E-state index < -0.39 is 10.8 Å². The summed E-state index contributed by atoms with van der Waals surface area (Å²) in [6, 6.07) is 11.4. The molecule has 2 aromatic rings. The van der Waals surface area contributed by atoms with Gasteiger partial charge in [0.05, 0.1) is 10.6 Å². The van der Waals surface area contributed by atoms with Gasteiger partial charge in [-0.2, -0.15) is 5.10 Å². The zero-order chi connectivity index (χ0) is 20.3. The first-order chi connectivity index (χ1) is 13.3. The van der Waals surface area contributed by atoms with Gasteiger partial charge < -0.3 is 5.32 Å². The van der Waals surface area contributed by atoms with Crippen molar-refractivity contribution in [3.63, 3.8) is 0 Å². The second-order valence-electron chi connectivity index (χ2n) is 6.74. The predicted molar refractivity (Wildman–Crippen MR) is 105 cm³/mol. The van der Waals surface area contributed by atoms with E-state index in [4.69, 9.17) is 0 Å². The third kappa shape index (κ3) is 4.59. The second kappa shape index (κ2) is 7.99.